The summed E-state index contributed by atoms with van der Waals surface area (Å²) < 4.78 is 0. The van der Waals surface area contributed by atoms with E-state index in [0.717, 1.165) is 11.3 Å². The smallest absolute Gasteiger partial charge is 0.144 e. The van der Waals surface area contributed by atoms with Crippen molar-refractivity contribution in [1.29, 1.82) is 0 Å². The van der Waals surface area contributed by atoms with Crippen molar-refractivity contribution in [2.75, 3.05) is 6.54 Å². The lowest BCUT2D eigenvalue weighted by Gasteiger charge is -1.99. The van der Waals surface area contributed by atoms with Crippen LogP contribution in [0.4, 0.5) is 0 Å². The van der Waals surface area contributed by atoms with E-state index in [0.29, 0.717) is 12.4 Å². The minimum atomic E-state index is 0.515. The van der Waals surface area contributed by atoms with E-state index in [-0.39, 0.29) is 0 Å². The Morgan fingerprint density at radius 2 is 2.42 bits per heavy atom. The van der Waals surface area contributed by atoms with Crippen molar-refractivity contribution in [3.63, 3.8) is 0 Å². The van der Waals surface area contributed by atoms with Crippen molar-refractivity contribution in [2.45, 2.75) is 13.8 Å². The summed E-state index contributed by atoms with van der Waals surface area (Å²) in [5.74, 6) is 0.515. The third-order valence-corrected chi connectivity index (χ3v) is 1.51. The fourth-order valence-corrected chi connectivity index (χ4v) is 0.928. The van der Waals surface area contributed by atoms with Gasteiger partial charge in [-0.3, -0.25) is 9.98 Å². The van der Waals surface area contributed by atoms with Gasteiger partial charge in [-0.1, -0.05) is 0 Å². The number of hydrogen-bond donors (Lipinski definition) is 1. The van der Waals surface area contributed by atoms with Gasteiger partial charge in [0.25, 0.3) is 0 Å². The molecule has 0 aromatic carbocycles. The molecule has 64 valence electrons. The van der Waals surface area contributed by atoms with Crippen LogP contribution in [0.5, 0.6) is 0 Å². The highest BCUT2D eigenvalue weighted by molar-refractivity contribution is 5.95. The summed E-state index contributed by atoms with van der Waals surface area (Å²) in [5.41, 5.74) is 7.57. The molecule has 0 fully saturated rings. The van der Waals surface area contributed by atoms with E-state index in [1.165, 1.54) is 0 Å². The van der Waals surface area contributed by atoms with E-state index in [1.54, 1.807) is 6.20 Å². The van der Waals surface area contributed by atoms with Gasteiger partial charge in [-0.15, -0.1) is 0 Å². The van der Waals surface area contributed by atoms with Gasteiger partial charge in [-0.2, -0.15) is 0 Å². The predicted octanol–water partition coefficient (Wildman–Crippen LogP) is 1.12. The molecule has 0 bridgehead atoms. The molecule has 1 aromatic heterocycles. The van der Waals surface area contributed by atoms with Crippen LogP contribution in [0.3, 0.4) is 0 Å². The van der Waals surface area contributed by atoms with Crippen LogP contribution < -0.4 is 5.73 Å². The summed E-state index contributed by atoms with van der Waals surface area (Å²) in [7, 11) is 0. The predicted molar refractivity (Wildman–Crippen MR) is 50.2 cm³/mol. The first-order valence-electron chi connectivity index (χ1n) is 3.97. The Labute approximate surface area is 72.3 Å². The van der Waals surface area contributed by atoms with Crippen molar-refractivity contribution < 1.29 is 0 Å². The molecule has 0 atom stereocenters. The fourth-order valence-electron chi connectivity index (χ4n) is 0.928. The third kappa shape index (κ3) is 2.05. The van der Waals surface area contributed by atoms with E-state index in [4.69, 9.17) is 5.73 Å². The van der Waals surface area contributed by atoms with Crippen LogP contribution in [0.1, 0.15) is 18.2 Å². The highest BCUT2D eigenvalue weighted by atomic mass is 14.9. The Morgan fingerprint density at radius 3 is 3.00 bits per heavy atom. The van der Waals surface area contributed by atoms with Crippen LogP contribution in [-0.4, -0.2) is 17.4 Å². The lowest BCUT2D eigenvalue weighted by molar-refractivity contribution is 1.11. The molecule has 0 radical (unpaired) electrons. The number of hydrogen-bond acceptors (Lipinski definition) is 2. The number of nitrogens with zero attached hydrogens (tertiary/aromatic N) is 2. The van der Waals surface area contributed by atoms with Gasteiger partial charge in [-0.05, 0) is 31.5 Å². The Kier molecular flexibility index (Phi) is 2.80. The van der Waals surface area contributed by atoms with Crippen molar-refractivity contribution in [2.24, 2.45) is 10.7 Å². The normalized spacial score (nSPS) is 11.7. The van der Waals surface area contributed by atoms with E-state index in [1.807, 2.05) is 26.0 Å². The first kappa shape index (κ1) is 8.71. The zero-order valence-electron chi connectivity index (χ0n) is 7.41. The highest BCUT2D eigenvalue weighted by Crippen LogP contribution is 1.98. The molecule has 0 amide bonds. The summed E-state index contributed by atoms with van der Waals surface area (Å²) in [4.78, 5) is 8.17. The maximum Gasteiger partial charge on any atom is 0.144 e. The van der Waals surface area contributed by atoms with E-state index < -0.39 is 0 Å². The number of aliphatic imine (C=N–C) groups is 1. The molecule has 3 nitrogen and oxygen atoms in total. The average Bonchev–Trinajstić information content (AvgIpc) is 2.05. The molecule has 3 heteroatoms. The summed E-state index contributed by atoms with van der Waals surface area (Å²) in [5, 5.41) is 0. The summed E-state index contributed by atoms with van der Waals surface area (Å²) in [6.07, 6.45) is 1.74. The number of amidine groups is 1. The molecule has 0 unspecified atom stereocenters. The second-order valence-electron chi connectivity index (χ2n) is 2.58. The lowest BCUT2D eigenvalue weighted by atomic mass is 10.2. The van der Waals surface area contributed by atoms with Crippen molar-refractivity contribution in [3.8, 4) is 0 Å². The number of rotatable bonds is 2. The maximum atomic E-state index is 5.66. The van der Waals surface area contributed by atoms with Crippen LogP contribution in [0.15, 0.2) is 23.3 Å². The maximum absolute atomic E-state index is 5.66. The molecule has 2 N–H and O–H groups in total. The van der Waals surface area contributed by atoms with Crippen molar-refractivity contribution >= 4 is 5.84 Å². The molecule has 1 aromatic rings. The van der Waals surface area contributed by atoms with Gasteiger partial charge in [0.1, 0.15) is 11.5 Å². The zero-order valence-corrected chi connectivity index (χ0v) is 7.41. The van der Waals surface area contributed by atoms with Crippen LogP contribution in [0, 0.1) is 6.92 Å². The van der Waals surface area contributed by atoms with Crippen LogP contribution in [0.2, 0.25) is 0 Å². The molecule has 0 saturated heterocycles. The van der Waals surface area contributed by atoms with E-state index in [2.05, 4.69) is 9.98 Å². The highest BCUT2D eigenvalue weighted by Gasteiger charge is 1.97. The molecule has 0 saturated carbocycles. The Hall–Kier alpha value is -1.38. The van der Waals surface area contributed by atoms with Gasteiger partial charge in [-0.25, -0.2) is 0 Å². The molecule has 1 heterocycles. The fraction of sp³-hybridized carbons (Fsp3) is 0.333. The number of aromatic nitrogens is 1. The summed E-state index contributed by atoms with van der Waals surface area (Å²) in [6.45, 7) is 4.65. The van der Waals surface area contributed by atoms with Gasteiger partial charge in [0, 0.05) is 12.7 Å². The largest absolute Gasteiger partial charge is 0.382 e. The van der Waals surface area contributed by atoms with Gasteiger partial charge in [0.15, 0.2) is 0 Å². The van der Waals surface area contributed by atoms with Crippen molar-refractivity contribution in [3.05, 3.63) is 29.6 Å². The minimum Gasteiger partial charge on any atom is -0.382 e. The quantitative estimate of drug-likeness (QED) is 0.524. The Bertz CT molecular complexity index is 292. The van der Waals surface area contributed by atoms with Crippen LogP contribution >= 0.6 is 0 Å². The van der Waals surface area contributed by atoms with Gasteiger partial charge in [0.05, 0.1) is 0 Å². The monoisotopic (exact) mass is 163 g/mol. The molecular formula is C9H13N3. The van der Waals surface area contributed by atoms with Gasteiger partial charge in [0.2, 0.25) is 0 Å². The second-order valence-corrected chi connectivity index (χ2v) is 2.58. The molecule has 0 spiro atoms. The van der Waals surface area contributed by atoms with Gasteiger partial charge < -0.3 is 5.73 Å². The molecular weight excluding hydrogens is 150 g/mol. The Balaban J connectivity index is 2.95. The number of aryl methyl sites for hydroxylation is 1. The third-order valence-electron chi connectivity index (χ3n) is 1.51. The van der Waals surface area contributed by atoms with E-state index >= 15 is 0 Å². The molecule has 12 heavy (non-hydrogen) atoms. The van der Waals surface area contributed by atoms with E-state index in [9.17, 15) is 0 Å². The van der Waals surface area contributed by atoms with Crippen molar-refractivity contribution in [1.82, 2.24) is 4.98 Å². The standard InChI is InChI=1S/C9H13N3/c1-3-11-9(10)8-6-7(2)4-5-12-8/h4-6H,3H2,1-2H3,(H2,10,11). The minimum absolute atomic E-state index is 0.515. The van der Waals surface area contributed by atoms with Gasteiger partial charge >= 0.3 is 0 Å². The number of pyridine rings is 1. The average molecular weight is 163 g/mol. The summed E-state index contributed by atoms with van der Waals surface area (Å²) >= 11 is 0. The molecule has 0 aliphatic heterocycles. The molecule has 1 rings (SSSR count). The summed E-state index contributed by atoms with van der Waals surface area (Å²) in [6, 6.07) is 3.86. The Morgan fingerprint density at radius 1 is 1.67 bits per heavy atom. The molecule has 0 aliphatic carbocycles. The zero-order chi connectivity index (χ0) is 8.97. The first-order valence-corrected chi connectivity index (χ1v) is 3.97. The molecule has 0 aliphatic rings. The second kappa shape index (κ2) is 3.85. The number of nitrogens with two attached hydrogens (primary N) is 1. The lowest BCUT2D eigenvalue weighted by Crippen LogP contribution is -2.15. The first-order chi connectivity index (χ1) is 5.74. The van der Waals surface area contributed by atoms with Crippen LogP contribution in [-0.2, 0) is 0 Å². The van der Waals surface area contributed by atoms with Crippen LogP contribution in [0.25, 0.3) is 0 Å². The topological polar surface area (TPSA) is 51.3 Å². The SMILES string of the molecule is CCN=C(N)c1cc(C)ccn1.